The minimum Gasteiger partial charge on any atom is -0.215 e. The third-order valence-electron chi connectivity index (χ3n) is 2.21. The smallest absolute Gasteiger partial charge is 0.172 e. The second-order valence-corrected chi connectivity index (χ2v) is 4.96. The first-order valence-electron chi connectivity index (χ1n) is 4.45. The molecule has 0 bridgehead atoms. The van der Waals surface area contributed by atoms with Gasteiger partial charge in [0.05, 0.1) is 9.26 Å². The Hall–Kier alpha value is -0.0700. The van der Waals surface area contributed by atoms with E-state index in [1.54, 1.807) is 4.52 Å². The van der Waals surface area contributed by atoms with Gasteiger partial charge in [0.2, 0.25) is 0 Å². The average Bonchev–Trinajstić information content (AvgIpc) is 2.46. The lowest BCUT2D eigenvalue weighted by atomic mass is 10.3. The molecule has 0 aliphatic heterocycles. The summed E-state index contributed by atoms with van der Waals surface area (Å²) >= 11 is 14.4. The van der Waals surface area contributed by atoms with E-state index in [1.807, 2.05) is 13.8 Å². The summed E-state index contributed by atoms with van der Waals surface area (Å²) in [6.45, 7) is 3.91. The standard InChI is InChI=1S/C9H8Cl2IN3/c1-3-5-7(10)13-9-6(12)4(2)14-15(9)8(5)11/h3H2,1-2H3. The molecule has 0 spiro atoms. The Morgan fingerprint density at radius 1 is 1.40 bits per heavy atom. The van der Waals surface area contributed by atoms with E-state index < -0.39 is 0 Å². The fourth-order valence-electron chi connectivity index (χ4n) is 1.39. The highest BCUT2D eigenvalue weighted by molar-refractivity contribution is 14.1. The number of halogens is 3. The van der Waals surface area contributed by atoms with Crippen molar-refractivity contribution in [2.45, 2.75) is 20.3 Å². The highest BCUT2D eigenvalue weighted by Crippen LogP contribution is 2.27. The van der Waals surface area contributed by atoms with Crippen molar-refractivity contribution in [3.05, 3.63) is 25.1 Å². The molecule has 0 atom stereocenters. The minimum atomic E-state index is 0.466. The highest BCUT2D eigenvalue weighted by Gasteiger charge is 2.15. The number of rotatable bonds is 1. The minimum absolute atomic E-state index is 0.466. The Morgan fingerprint density at radius 2 is 2.07 bits per heavy atom. The summed E-state index contributed by atoms with van der Waals surface area (Å²) in [6.07, 6.45) is 0.746. The number of fused-ring (bicyclic) bond motifs is 1. The molecular weight excluding hydrogens is 348 g/mol. The quantitative estimate of drug-likeness (QED) is 0.578. The molecule has 0 saturated heterocycles. The van der Waals surface area contributed by atoms with Crippen LogP contribution in [0.3, 0.4) is 0 Å². The molecule has 0 radical (unpaired) electrons. The Kier molecular flexibility index (Phi) is 3.10. The molecule has 0 saturated carbocycles. The molecule has 80 valence electrons. The van der Waals surface area contributed by atoms with Crippen molar-refractivity contribution < 1.29 is 0 Å². The normalized spacial score (nSPS) is 11.3. The molecule has 6 heteroatoms. The Bertz CT molecular complexity index is 536. The highest BCUT2D eigenvalue weighted by atomic mass is 127. The predicted molar refractivity (Wildman–Crippen MR) is 69.8 cm³/mol. The molecule has 0 amide bonds. The zero-order chi connectivity index (χ0) is 11.2. The summed E-state index contributed by atoms with van der Waals surface area (Å²) in [5.74, 6) is 0. The van der Waals surface area contributed by atoms with Gasteiger partial charge in [0.15, 0.2) is 5.65 Å². The Labute approximate surface area is 111 Å². The first kappa shape index (κ1) is 11.4. The van der Waals surface area contributed by atoms with Crippen molar-refractivity contribution in [1.29, 1.82) is 0 Å². The van der Waals surface area contributed by atoms with Gasteiger partial charge in [-0.15, -0.1) is 0 Å². The SMILES string of the molecule is CCc1c(Cl)nc2c(I)c(C)nn2c1Cl. The van der Waals surface area contributed by atoms with Crippen molar-refractivity contribution in [2.24, 2.45) is 0 Å². The second-order valence-electron chi connectivity index (χ2n) is 3.16. The summed E-state index contributed by atoms with van der Waals surface area (Å²) in [7, 11) is 0. The zero-order valence-corrected chi connectivity index (χ0v) is 11.9. The molecule has 0 aliphatic carbocycles. The number of hydrogen-bond donors (Lipinski definition) is 0. The van der Waals surface area contributed by atoms with Crippen LogP contribution < -0.4 is 0 Å². The van der Waals surface area contributed by atoms with Crippen molar-refractivity contribution in [1.82, 2.24) is 14.6 Å². The lowest BCUT2D eigenvalue weighted by molar-refractivity contribution is 0.895. The maximum Gasteiger partial charge on any atom is 0.172 e. The van der Waals surface area contributed by atoms with Crippen LogP contribution in [-0.4, -0.2) is 14.6 Å². The Morgan fingerprint density at radius 3 is 2.67 bits per heavy atom. The van der Waals surface area contributed by atoms with E-state index in [-0.39, 0.29) is 0 Å². The van der Waals surface area contributed by atoms with Crippen molar-refractivity contribution in [3.63, 3.8) is 0 Å². The summed E-state index contributed by atoms with van der Waals surface area (Å²) in [5.41, 5.74) is 2.47. The Balaban J connectivity index is 2.90. The number of aromatic nitrogens is 3. The van der Waals surface area contributed by atoms with E-state index >= 15 is 0 Å². The second kappa shape index (κ2) is 4.07. The van der Waals surface area contributed by atoms with Crippen LogP contribution in [0, 0.1) is 10.5 Å². The average molecular weight is 356 g/mol. The van der Waals surface area contributed by atoms with Gasteiger partial charge < -0.3 is 0 Å². The third kappa shape index (κ3) is 1.72. The van der Waals surface area contributed by atoms with Gasteiger partial charge in [-0.05, 0) is 35.9 Å². The fourth-order valence-corrected chi connectivity index (χ4v) is 2.54. The number of hydrogen-bond acceptors (Lipinski definition) is 2. The molecule has 2 heterocycles. The van der Waals surface area contributed by atoms with E-state index in [2.05, 4.69) is 32.7 Å². The molecule has 2 aromatic rings. The molecule has 15 heavy (non-hydrogen) atoms. The van der Waals surface area contributed by atoms with E-state index in [1.165, 1.54) is 0 Å². The fraction of sp³-hybridized carbons (Fsp3) is 0.333. The van der Waals surface area contributed by atoms with Crippen LogP contribution in [0.5, 0.6) is 0 Å². The molecule has 0 aliphatic rings. The van der Waals surface area contributed by atoms with Crippen LogP contribution in [0.4, 0.5) is 0 Å². The molecule has 3 nitrogen and oxygen atoms in total. The first-order chi connectivity index (χ1) is 7.06. The molecule has 0 unspecified atom stereocenters. The van der Waals surface area contributed by atoms with Gasteiger partial charge in [-0.25, -0.2) is 9.50 Å². The van der Waals surface area contributed by atoms with Gasteiger partial charge in [-0.3, -0.25) is 0 Å². The molecular formula is C9H8Cl2IN3. The van der Waals surface area contributed by atoms with Crippen molar-refractivity contribution >= 4 is 51.4 Å². The maximum atomic E-state index is 6.20. The summed E-state index contributed by atoms with van der Waals surface area (Å²) in [4.78, 5) is 4.30. The first-order valence-corrected chi connectivity index (χ1v) is 6.28. The van der Waals surface area contributed by atoms with Crippen LogP contribution in [0.2, 0.25) is 10.3 Å². The van der Waals surface area contributed by atoms with Crippen molar-refractivity contribution in [3.8, 4) is 0 Å². The van der Waals surface area contributed by atoms with E-state index in [4.69, 9.17) is 23.2 Å². The van der Waals surface area contributed by atoms with Gasteiger partial charge in [0.25, 0.3) is 0 Å². The lowest BCUT2D eigenvalue weighted by Gasteiger charge is -2.05. The topological polar surface area (TPSA) is 30.2 Å². The summed E-state index contributed by atoms with van der Waals surface area (Å²) in [5, 5.41) is 5.34. The molecule has 2 rings (SSSR count). The summed E-state index contributed by atoms with van der Waals surface area (Å²) < 4.78 is 2.63. The molecule has 0 aromatic carbocycles. The molecule has 2 aromatic heterocycles. The monoisotopic (exact) mass is 355 g/mol. The molecule has 0 fully saturated rings. The van der Waals surface area contributed by atoms with E-state index in [9.17, 15) is 0 Å². The third-order valence-corrected chi connectivity index (χ3v) is 4.17. The van der Waals surface area contributed by atoms with Gasteiger partial charge in [0.1, 0.15) is 10.3 Å². The van der Waals surface area contributed by atoms with Crippen LogP contribution in [-0.2, 0) is 6.42 Å². The summed E-state index contributed by atoms with van der Waals surface area (Å²) in [6, 6.07) is 0. The van der Waals surface area contributed by atoms with Crippen LogP contribution in [0.15, 0.2) is 0 Å². The lowest BCUT2D eigenvalue weighted by Crippen LogP contribution is -1.99. The zero-order valence-electron chi connectivity index (χ0n) is 8.18. The van der Waals surface area contributed by atoms with Gasteiger partial charge >= 0.3 is 0 Å². The van der Waals surface area contributed by atoms with Crippen molar-refractivity contribution in [2.75, 3.05) is 0 Å². The number of nitrogens with zero attached hydrogens (tertiary/aromatic N) is 3. The number of aryl methyl sites for hydroxylation is 1. The van der Waals surface area contributed by atoms with E-state index in [0.717, 1.165) is 26.9 Å². The van der Waals surface area contributed by atoms with Gasteiger partial charge in [0, 0.05) is 5.56 Å². The predicted octanol–water partition coefficient (Wildman–Crippen LogP) is 3.51. The maximum absolute atomic E-state index is 6.20. The largest absolute Gasteiger partial charge is 0.215 e. The van der Waals surface area contributed by atoms with Gasteiger partial charge in [-0.2, -0.15) is 5.10 Å². The molecule has 0 N–H and O–H groups in total. The van der Waals surface area contributed by atoms with Crippen LogP contribution in [0.25, 0.3) is 5.65 Å². The van der Waals surface area contributed by atoms with Crippen LogP contribution in [0.1, 0.15) is 18.2 Å². The van der Waals surface area contributed by atoms with Gasteiger partial charge in [-0.1, -0.05) is 30.1 Å². The van der Waals surface area contributed by atoms with Crippen LogP contribution >= 0.6 is 45.8 Å². The van der Waals surface area contributed by atoms with E-state index in [0.29, 0.717) is 10.3 Å².